The summed E-state index contributed by atoms with van der Waals surface area (Å²) in [5.74, 6) is 1.95. The van der Waals surface area contributed by atoms with Gasteiger partial charge in [0, 0.05) is 11.0 Å². The predicted molar refractivity (Wildman–Crippen MR) is 95.8 cm³/mol. The monoisotopic (exact) mass is 342 g/mol. The number of hydrogen-bond donors (Lipinski definition) is 0. The molecule has 0 amide bonds. The summed E-state index contributed by atoms with van der Waals surface area (Å²) in [5, 5.41) is 0. The Morgan fingerprint density at radius 2 is 1.84 bits per heavy atom. The first-order valence-electron chi connectivity index (χ1n) is 9.27. The molecule has 0 saturated heterocycles. The summed E-state index contributed by atoms with van der Waals surface area (Å²) >= 11 is 0. The second kappa shape index (κ2) is 6.40. The lowest BCUT2D eigenvalue weighted by Crippen LogP contribution is -2.38. The Labute approximate surface area is 149 Å². The van der Waals surface area contributed by atoms with Crippen molar-refractivity contribution in [1.29, 1.82) is 0 Å². The van der Waals surface area contributed by atoms with Crippen molar-refractivity contribution in [3.05, 3.63) is 29.3 Å². The second-order valence-corrected chi connectivity index (χ2v) is 7.72. The molecule has 0 unspecified atom stereocenters. The van der Waals surface area contributed by atoms with Crippen LogP contribution in [-0.4, -0.2) is 26.8 Å². The van der Waals surface area contributed by atoms with Crippen LogP contribution in [0.1, 0.15) is 49.7 Å². The first kappa shape index (κ1) is 16.5. The molecule has 2 bridgehead atoms. The van der Waals surface area contributed by atoms with Crippen LogP contribution in [-0.2, 0) is 16.0 Å². The van der Waals surface area contributed by atoms with Gasteiger partial charge in [0.15, 0.2) is 11.5 Å². The van der Waals surface area contributed by atoms with Crippen molar-refractivity contribution >= 4 is 11.5 Å². The van der Waals surface area contributed by atoms with Crippen LogP contribution in [0.4, 0.5) is 0 Å². The molecule has 0 aliphatic heterocycles. The molecule has 3 saturated carbocycles. The van der Waals surface area contributed by atoms with Gasteiger partial charge >= 0.3 is 5.97 Å². The van der Waals surface area contributed by atoms with Gasteiger partial charge in [-0.05, 0) is 62.5 Å². The minimum absolute atomic E-state index is 0.227. The van der Waals surface area contributed by atoms with Gasteiger partial charge in [-0.25, -0.2) is 4.79 Å². The highest BCUT2D eigenvalue weighted by Gasteiger charge is 2.41. The van der Waals surface area contributed by atoms with E-state index in [9.17, 15) is 4.79 Å². The maximum Gasteiger partial charge on any atom is 0.338 e. The molecule has 25 heavy (non-hydrogen) atoms. The molecular weight excluding hydrogens is 316 g/mol. The standard InChI is InChI=1S/C21H26O4/c1-23-17-6-4-15-3-5-16(18(15)19(17)24-2)20(22)25-13-21-10-7-14(8-11-21)9-12-21/h4-6,14H,3,7-13H2,1-2H3. The van der Waals surface area contributed by atoms with Crippen molar-refractivity contribution in [1.82, 2.24) is 0 Å². The quantitative estimate of drug-likeness (QED) is 0.754. The first-order chi connectivity index (χ1) is 12.2. The fourth-order valence-electron chi connectivity index (χ4n) is 4.78. The zero-order valence-electron chi connectivity index (χ0n) is 15.1. The molecule has 0 atom stereocenters. The Hall–Kier alpha value is -1.97. The Morgan fingerprint density at radius 3 is 2.48 bits per heavy atom. The third-order valence-electron chi connectivity index (χ3n) is 6.41. The largest absolute Gasteiger partial charge is 0.493 e. The topological polar surface area (TPSA) is 44.8 Å². The number of benzene rings is 1. The highest BCUT2D eigenvalue weighted by atomic mass is 16.5. The molecule has 4 aliphatic carbocycles. The Balaban J connectivity index is 1.51. The van der Waals surface area contributed by atoms with Crippen molar-refractivity contribution < 1.29 is 19.0 Å². The molecule has 0 N–H and O–H groups in total. The minimum Gasteiger partial charge on any atom is -0.493 e. The SMILES string of the molecule is COc1ccc2c(c1OC)C(C(=O)OCC13CCC(CC1)CC3)=CC2. The minimum atomic E-state index is -0.229. The molecule has 5 rings (SSSR count). The lowest BCUT2D eigenvalue weighted by Gasteiger charge is -2.46. The number of allylic oxidation sites excluding steroid dienone is 1. The predicted octanol–water partition coefficient (Wildman–Crippen LogP) is 4.16. The smallest absolute Gasteiger partial charge is 0.338 e. The highest BCUT2D eigenvalue weighted by molar-refractivity contribution is 6.19. The van der Waals surface area contributed by atoms with Gasteiger partial charge in [0.2, 0.25) is 0 Å². The van der Waals surface area contributed by atoms with Gasteiger partial charge in [0.05, 0.1) is 26.4 Å². The molecule has 1 aromatic carbocycles. The van der Waals surface area contributed by atoms with Gasteiger partial charge < -0.3 is 14.2 Å². The number of carbonyl (C=O) groups excluding carboxylic acids is 1. The molecule has 4 heteroatoms. The van der Waals surface area contributed by atoms with E-state index in [1.165, 1.54) is 38.5 Å². The zero-order valence-corrected chi connectivity index (χ0v) is 15.1. The van der Waals surface area contributed by atoms with Gasteiger partial charge in [-0.3, -0.25) is 0 Å². The van der Waals surface area contributed by atoms with Gasteiger partial charge in [-0.1, -0.05) is 12.1 Å². The van der Waals surface area contributed by atoms with Crippen molar-refractivity contribution in [2.45, 2.75) is 44.9 Å². The normalized spacial score (nSPS) is 26.8. The van der Waals surface area contributed by atoms with Crippen LogP contribution >= 0.6 is 0 Å². The van der Waals surface area contributed by atoms with E-state index in [0.717, 1.165) is 23.5 Å². The van der Waals surface area contributed by atoms with E-state index in [0.29, 0.717) is 23.7 Å². The van der Waals surface area contributed by atoms with Crippen LogP contribution in [0.3, 0.4) is 0 Å². The molecular formula is C21H26O4. The number of carbonyl (C=O) groups is 1. The lowest BCUT2D eigenvalue weighted by molar-refractivity contribution is -0.142. The van der Waals surface area contributed by atoms with Crippen LogP contribution in [0.15, 0.2) is 18.2 Å². The summed E-state index contributed by atoms with van der Waals surface area (Å²) in [5.41, 5.74) is 2.76. The van der Waals surface area contributed by atoms with E-state index >= 15 is 0 Å². The molecule has 0 aromatic heterocycles. The van der Waals surface area contributed by atoms with Crippen LogP contribution < -0.4 is 9.47 Å². The van der Waals surface area contributed by atoms with E-state index in [2.05, 4.69) is 0 Å². The summed E-state index contributed by atoms with van der Waals surface area (Å²) in [6.07, 6.45) is 10.2. The van der Waals surface area contributed by atoms with E-state index in [-0.39, 0.29) is 11.4 Å². The number of esters is 1. The van der Waals surface area contributed by atoms with Gasteiger partial charge in [0.25, 0.3) is 0 Å². The Morgan fingerprint density at radius 1 is 1.12 bits per heavy atom. The molecule has 0 spiro atoms. The van der Waals surface area contributed by atoms with Crippen LogP contribution in [0, 0.1) is 11.3 Å². The van der Waals surface area contributed by atoms with Gasteiger partial charge in [-0.15, -0.1) is 0 Å². The summed E-state index contributed by atoms with van der Waals surface area (Å²) in [6, 6.07) is 3.88. The fraction of sp³-hybridized carbons (Fsp3) is 0.571. The van der Waals surface area contributed by atoms with Crippen molar-refractivity contribution in [2.24, 2.45) is 11.3 Å². The number of fused-ring (bicyclic) bond motifs is 4. The van der Waals surface area contributed by atoms with E-state index in [1.807, 2.05) is 18.2 Å². The number of methoxy groups -OCH3 is 2. The van der Waals surface area contributed by atoms with Crippen LogP contribution in [0.25, 0.3) is 5.57 Å². The van der Waals surface area contributed by atoms with Gasteiger partial charge in [0.1, 0.15) is 0 Å². The van der Waals surface area contributed by atoms with E-state index in [4.69, 9.17) is 14.2 Å². The second-order valence-electron chi connectivity index (χ2n) is 7.72. The molecule has 1 aromatic rings. The molecule has 3 fully saturated rings. The Bertz CT molecular complexity index is 697. The summed E-state index contributed by atoms with van der Waals surface area (Å²) in [6.45, 7) is 0.553. The number of rotatable bonds is 5. The van der Waals surface area contributed by atoms with Crippen LogP contribution in [0.2, 0.25) is 0 Å². The zero-order chi connectivity index (χ0) is 17.4. The van der Waals surface area contributed by atoms with Crippen LogP contribution in [0.5, 0.6) is 11.5 Å². The molecule has 0 heterocycles. The number of hydrogen-bond acceptors (Lipinski definition) is 4. The lowest BCUT2D eigenvalue weighted by atomic mass is 9.61. The Kier molecular flexibility index (Phi) is 4.22. The van der Waals surface area contributed by atoms with Gasteiger partial charge in [-0.2, -0.15) is 0 Å². The average Bonchev–Trinajstić information content (AvgIpc) is 3.11. The maximum absolute atomic E-state index is 12.8. The summed E-state index contributed by atoms with van der Waals surface area (Å²) in [7, 11) is 3.22. The number of ether oxygens (including phenoxy) is 3. The first-order valence-corrected chi connectivity index (χ1v) is 9.27. The molecule has 134 valence electrons. The third-order valence-corrected chi connectivity index (χ3v) is 6.41. The van der Waals surface area contributed by atoms with Crippen molar-refractivity contribution in [2.75, 3.05) is 20.8 Å². The maximum atomic E-state index is 12.8. The van der Waals surface area contributed by atoms with Crippen molar-refractivity contribution in [3.8, 4) is 11.5 Å². The third kappa shape index (κ3) is 2.82. The highest BCUT2D eigenvalue weighted by Crippen LogP contribution is 2.50. The molecule has 0 radical (unpaired) electrons. The van der Waals surface area contributed by atoms with E-state index in [1.54, 1.807) is 14.2 Å². The van der Waals surface area contributed by atoms with Crippen molar-refractivity contribution in [3.63, 3.8) is 0 Å². The molecule has 4 aliphatic rings. The summed E-state index contributed by atoms with van der Waals surface area (Å²) in [4.78, 5) is 12.8. The molecule has 4 nitrogen and oxygen atoms in total. The van der Waals surface area contributed by atoms with E-state index < -0.39 is 0 Å². The fourth-order valence-corrected chi connectivity index (χ4v) is 4.78. The average molecular weight is 342 g/mol. The summed E-state index contributed by atoms with van der Waals surface area (Å²) < 4.78 is 16.7.